The Morgan fingerprint density at radius 2 is 1.90 bits per heavy atom. The highest BCUT2D eigenvalue weighted by molar-refractivity contribution is 6.29. The summed E-state index contributed by atoms with van der Waals surface area (Å²) in [6.45, 7) is 3.96. The Balaban J connectivity index is 2.27. The molecule has 20 heavy (non-hydrogen) atoms. The first kappa shape index (κ1) is 14.3. The van der Waals surface area contributed by atoms with Crippen molar-refractivity contribution in [2.75, 3.05) is 5.32 Å². The molecule has 4 nitrogen and oxygen atoms in total. The van der Waals surface area contributed by atoms with Crippen LogP contribution in [0.5, 0.6) is 0 Å². The fourth-order valence-electron chi connectivity index (χ4n) is 1.86. The number of carbonyl (C=O) groups is 1. The lowest BCUT2D eigenvalue weighted by Gasteiger charge is -2.16. The highest BCUT2D eigenvalue weighted by Gasteiger charge is 2.14. The summed E-state index contributed by atoms with van der Waals surface area (Å²) in [5.74, 6) is -0.758. The molecule has 5 heteroatoms. The first-order valence-electron chi connectivity index (χ1n) is 6.20. The topological polar surface area (TPSA) is 62.2 Å². The van der Waals surface area contributed by atoms with Crippen LogP contribution in [-0.2, 0) is 0 Å². The zero-order valence-corrected chi connectivity index (χ0v) is 12.0. The Morgan fingerprint density at radius 1 is 1.25 bits per heavy atom. The van der Waals surface area contributed by atoms with Gasteiger partial charge in [-0.1, -0.05) is 41.4 Å². The third-order valence-corrected chi connectivity index (χ3v) is 3.23. The van der Waals surface area contributed by atoms with Crippen LogP contribution in [0, 0.1) is 6.92 Å². The van der Waals surface area contributed by atoms with Crippen molar-refractivity contribution in [2.24, 2.45) is 0 Å². The minimum absolute atomic E-state index is 0.0698. The van der Waals surface area contributed by atoms with E-state index in [0.29, 0.717) is 0 Å². The second-order valence-electron chi connectivity index (χ2n) is 4.61. The van der Waals surface area contributed by atoms with Crippen LogP contribution in [0.4, 0.5) is 5.82 Å². The molecule has 1 heterocycles. The van der Waals surface area contributed by atoms with Gasteiger partial charge < -0.3 is 10.4 Å². The van der Waals surface area contributed by atoms with Crippen molar-refractivity contribution in [1.82, 2.24) is 4.98 Å². The first-order chi connectivity index (χ1) is 9.47. The fraction of sp³-hybridized carbons (Fsp3) is 0.200. The molecule has 1 aromatic heterocycles. The van der Waals surface area contributed by atoms with Gasteiger partial charge in [-0.25, -0.2) is 9.78 Å². The van der Waals surface area contributed by atoms with Crippen LogP contribution in [0.2, 0.25) is 5.15 Å². The van der Waals surface area contributed by atoms with Crippen LogP contribution >= 0.6 is 11.6 Å². The van der Waals surface area contributed by atoms with E-state index in [1.807, 2.05) is 38.1 Å². The van der Waals surface area contributed by atoms with Crippen LogP contribution in [-0.4, -0.2) is 16.1 Å². The summed E-state index contributed by atoms with van der Waals surface area (Å²) in [5, 5.41) is 12.5. The molecule has 1 atom stereocenters. The molecule has 104 valence electrons. The molecule has 2 aromatic rings. The molecule has 0 saturated heterocycles. The smallest absolute Gasteiger partial charge is 0.339 e. The summed E-state index contributed by atoms with van der Waals surface area (Å²) in [6.07, 6.45) is 0. The molecular weight excluding hydrogens is 276 g/mol. The predicted molar refractivity (Wildman–Crippen MR) is 79.4 cm³/mol. The summed E-state index contributed by atoms with van der Waals surface area (Å²) in [6, 6.07) is 10.9. The van der Waals surface area contributed by atoms with E-state index in [4.69, 9.17) is 16.7 Å². The predicted octanol–water partition coefficient (Wildman–Crippen LogP) is 3.91. The van der Waals surface area contributed by atoms with Gasteiger partial charge in [-0.15, -0.1) is 0 Å². The molecule has 0 amide bonds. The Kier molecular flexibility index (Phi) is 4.25. The molecule has 0 saturated carbocycles. The molecule has 0 spiro atoms. The number of benzene rings is 1. The second-order valence-corrected chi connectivity index (χ2v) is 5.00. The highest BCUT2D eigenvalue weighted by atomic mass is 35.5. The quantitative estimate of drug-likeness (QED) is 0.838. The van der Waals surface area contributed by atoms with E-state index < -0.39 is 5.97 Å². The number of anilines is 1. The molecule has 0 aliphatic rings. The summed E-state index contributed by atoms with van der Waals surface area (Å²) in [4.78, 5) is 15.2. The van der Waals surface area contributed by atoms with Crippen LogP contribution in [0.3, 0.4) is 0 Å². The van der Waals surface area contributed by atoms with Crippen LogP contribution in [0.1, 0.15) is 34.5 Å². The van der Waals surface area contributed by atoms with Gasteiger partial charge in [-0.2, -0.15) is 0 Å². The standard InChI is InChI=1S/C15H15ClN2O2/c1-9-3-5-11(6-4-9)10(2)17-14-12(15(19)20)7-8-13(16)18-14/h3-8,10H,1-2H3,(H,17,18)(H,19,20). The van der Waals surface area contributed by atoms with E-state index in [9.17, 15) is 4.79 Å². The van der Waals surface area contributed by atoms with Crippen LogP contribution < -0.4 is 5.32 Å². The van der Waals surface area contributed by atoms with Crippen LogP contribution in [0.25, 0.3) is 0 Å². The highest BCUT2D eigenvalue weighted by Crippen LogP contribution is 2.23. The van der Waals surface area contributed by atoms with Crippen molar-refractivity contribution in [3.8, 4) is 0 Å². The Morgan fingerprint density at radius 3 is 2.50 bits per heavy atom. The van der Waals surface area contributed by atoms with Gasteiger partial charge in [0.2, 0.25) is 0 Å². The number of nitrogens with zero attached hydrogens (tertiary/aromatic N) is 1. The monoisotopic (exact) mass is 290 g/mol. The van der Waals surface area contributed by atoms with Crippen molar-refractivity contribution in [1.29, 1.82) is 0 Å². The van der Waals surface area contributed by atoms with Gasteiger partial charge >= 0.3 is 5.97 Å². The average molecular weight is 291 g/mol. The molecule has 2 N–H and O–H groups in total. The molecular formula is C15H15ClN2O2. The minimum atomic E-state index is -1.03. The molecule has 0 aliphatic heterocycles. The summed E-state index contributed by atoms with van der Waals surface area (Å²) in [7, 11) is 0. The number of carboxylic acid groups (broad SMARTS) is 1. The number of pyridine rings is 1. The van der Waals surface area contributed by atoms with Gasteiger partial charge in [0.05, 0.1) is 0 Å². The van der Waals surface area contributed by atoms with E-state index in [1.165, 1.54) is 17.7 Å². The molecule has 0 fully saturated rings. The molecule has 0 radical (unpaired) electrons. The number of aryl methyl sites for hydroxylation is 1. The lowest BCUT2D eigenvalue weighted by Crippen LogP contribution is -2.12. The van der Waals surface area contributed by atoms with E-state index in [0.717, 1.165) is 5.56 Å². The van der Waals surface area contributed by atoms with Crippen molar-refractivity contribution in [2.45, 2.75) is 19.9 Å². The third-order valence-electron chi connectivity index (χ3n) is 3.02. The average Bonchev–Trinajstić information content (AvgIpc) is 2.39. The lowest BCUT2D eigenvalue weighted by molar-refractivity contribution is 0.0697. The zero-order chi connectivity index (χ0) is 14.7. The number of aromatic carboxylic acids is 1. The van der Waals surface area contributed by atoms with Crippen molar-refractivity contribution >= 4 is 23.4 Å². The number of nitrogens with one attached hydrogen (secondary N) is 1. The van der Waals surface area contributed by atoms with Gasteiger partial charge in [-0.05, 0) is 31.5 Å². The summed E-state index contributed by atoms with van der Waals surface area (Å²) in [5.41, 5.74) is 2.33. The van der Waals surface area contributed by atoms with Crippen molar-refractivity contribution in [3.63, 3.8) is 0 Å². The van der Waals surface area contributed by atoms with Gasteiger partial charge in [0.15, 0.2) is 0 Å². The second kappa shape index (κ2) is 5.92. The van der Waals surface area contributed by atoms with Gasteiger partial charge in [0, 0.05) is 6.04 Å². The SMILES string of the molecule is Cc1ccc(C(C)Nc2nc(Cl)ccc2C(=O)O)cc1. The molecule has 0 aliphatic carbocycles. The number of hydrogen-bond acceptors (Lipinski definition) is 3. The molecule has 1 unspecified atom stereocenters. The van der Waals surface area contributed by atoms with Gasteiger partial charge in [0.1, 0.15) is 16.5 Å². The van der Waals surface area contributed by atoms with E-state index >= 15 is 0 Å². The van der Waals surface area contributed by atoms with E-state index in [1.54, 1.807) is 0 Å². The largest absolute Gasteiger partial charge is 0.478 e. The van der Waals surface area contributed by atoms with Gasteiger partial charge in [-0.3, -0.25) is 0 Å². The number of aromatic nitrogens is 1. The van der Waals surface area contributed by atoms with Crippen LogP contribution in [0.15, 0.2) is 36.4 Å². The molecule has 2 rings (SSSR count). The van der Waals surface area contributed by atoms with E-state index in [2.05, 4.69) is 10.3 Å². The van der Waals surface area contributed by atoms with E-state index in [-0.39, 0.29) is 22.6 Å². The third kappa shape index (κ3) is 3.27. The normalized spacial score (nSPS) is 11.9. The number of carboxylic acids is 1. The maximum absolute atomic E-state index is 11.2. The maximum Gasteiger partial charge on any atom is 0.339 e. The Labute approximate surface area is 122 Å². The molecule has 1 aromatic carbocycles. The first-order valence-corrected chi connectivity index (χ1v) is 6.58. The summed E-state index contributed by atoms with van der Waals surface area (Å²) >= 11 is 5.83. The summed E-state index contributed by atoms with van der Waals surface area (Å²) < 4.78 is 0. The molecule has 0 bridgehead atoms. The van der Waals surface area contributed by atoms with Gasteiger partial charge in [0.25, 0.3) is 0 Å². The fourth-order valence-corrected chi connectivity index (χ4v) is 2.01. The maximum atomic E-state index is 11.2. The number of halogens is 1. The van der Waals surface area contributed by atoms with Crippen molar-refractivity contribution < 1.29 is 9.90 Å². The van der Waals surface area contributed by atoms with Crippen molar-refractivity contribution in [3.05, 3.63) is 58.2 Å². The number of rotatable bonds is 4. The minimum Gasteiger partial charge on any atom is -0.478 e. The zero-order valence-electron chi connectivity index (χ0n) is 11.2. The lowest BCUT2D eigenvalue weighted by atomic mass is 10.1. The number of hydrogen-bond donors (Lipinski definition) is 2. The Bertz CT molecular complexity index is 626. The Hall–Kier alpha value is -2.07.